The van der Waals surface area contributed by atoms with Gasteiger partial charge in [0.25, 0.3) is 0 Å². The molecule has 0 heterocycles. The van der Waals surface area contributed by atoms with Crippen molar-refractivity contribution in [1.29, 1.82) is 0 Å². The summed E-state index contributed by atoms with van der Waals surface area (Å²) in [5.41, 5.74) is 0. The minimum atomic E-state index is -0.154. The van der Waals surface area contributed by atoms with E-state index in [4.69, 9.17) is 10.3 Å². The van der Waals surface area contributed by atoms with Gasteiger partial charge >= 0.3 is 0 Å². The molecule has 1 atom stereocenters. The first kappa shape index (κ1) is 13.4. The fraction of sp³-hybridized carbons (Fsp3) is 1.00. The molecule has 70 valence electrons. The maximum Gasteiger partial charge on any atom is 0.0524 e. The van der Waals surface area contributed by atoms with Crippen molar-refractivity contribution in [2.75, 3.05) is 20.1 Å². The Balaban J connectivity index is 0. The number of hydrogen-bond donors (Lipinski definition) is 3. The van der Waals surface area contributed by atoms with Crippen molar-refractivity contribution in [3.05, 3.63) is 0 Å². The molecule has 0 aliphatic heterocycles. The summed E-state index contributed by atoms with van der Waals surface area (Å²) < 4.78 is 0. The predicted molar refractivity (Wildman–Crippen MR) is 45.4 cm³/mol. The van der Waals surface area contributed by atoms with Crippen LogP contribution < -0.4 is 5.90 Å². The lowest BCUT2D eigenvalue weighted by Gasteiger charge is -2.13. The van der Waals surface area contributed by atoms with Gasteiger partial charge in [0.15, 0.2) is 0 Å². The third-order valence-electron chi connectivity index (χ3n) is 1.47. The van der Waals surface area contributed by atoms with Gasteiger partial charge in [0.2, 0.25) is 0 Å². The van der Waals surface area contributed by atoms with Gasteiger partial charge in [0.05, 0.1) is 6.10 Å². The number of nitrogens with two attached hydrogens (primary N) is 1. The van der Waals surface area contributed by atoms with Crippen molar-refractivity contribution in [3.8, 4) is 0 Å². The molecule has 0 spiro atoms. The monoisotopic (exact) mass is 164 g/mol. The zero-order chi connectivity index (χ0) is 9.28. The van der Waals surface area contributed by atoms with E-state index in [0.717, 1.165) is 19.5 Å². The molecule has 4 N–H and O–H groups in total. The van der Waals surface area contributed by atoms with Crippen LogP contribution in [0.1, 0.15) is 20.3 Å². The molecule has 0 saturated heterocycles. The molecule has 0 aromatic heterocycles. The highest BCUT2D eigenvalue weighted by Crippen LogP contribution is 1.91. The lowest BCUT2D eigenvalue weighted by molar-refractivity contribution is 0.166. The Hall–Kier alpha value is -0.160. The summed E-state index contributed by atoms with van der Waals surface area (Å²) in [6, 6.07) is 0. The van der Waals surface area contributed by atoms with Gasteiger partial charge in [-0.25, -0.2) is 5.90 Å². The van der Waals surface area contributed by atoms with Crippen LogP contribution in [-0.4, -0.2) is 41.5 Å². The van der Waals surface area contributed by atoms with Crippen molar-refractivity contribution in [3.63, 3.8) is 0 Å². The van der Waals surface area contributed by atoms with Crippen molar-refractivity contribution in [1.82, 2.24) is 4.90 Å². The average Bonchev–Trinajstić information content (AvgIpc) is 2.04. The number of rotatable bonds is 4. The first-order valence-electron chi connectivity index (χ1n) is 3.79. The summed E-state index contributed by atoms with van der Waals surface area (Å²) >= 11 is 0. The summed E-state index contributed by atoms with van der Waals surface area (Å²) in [4.78, 5) is 2.19. The lowest BCUT2D eigenvalue weighted by Crippen LogP contribution is -2.21. The maximum absolute atomic E-state index is 8.87. The second kappa shape index (κ2) is 9.84. The standard InChI is InChI=1S/C7H17NO.H3NO/c1-4-8(3)6-5-7(2)9;1-2/h7,9H,4-6H2,1-3H3;2H,1H2. The summed E-state index contributed by atoms with van der Waals surface area (Å²) in [7, 11) is 2.06. The quantitative estimate of drug-likeness (QED) is 0.513. The van der Waals surface area contributed by atoms with E-state index in [9.17, 15) is 0 Å². The SMILES string of the molecule is CCN(C)CCC(C)O.NO. The van der Waals surface area contributed by atoms with Crippen molar-refractivity contribution < 1.29 is 10.3 Å². The molecule has 0 aromatic carbocycles. The molecule has 0 amide bonds. The van der Waals surface area contributed by atoms with Crippen LogP contribution in [0.2, 0.25) is 0 Å². The summed E-state index contributed by atoms with van der Waals surface area (Å²) in [5.74, 6) is 3.50. The van der Waals surface area contributed by atoms with Crippen LogP contribution in [0.15, 0.2) is 0 Å². The molecule has 0 aromatic rings. The molecule has 0 fully saturated rings. The van der Waals surface area contributed by atoms with E-state index in [0.29, 0.717) is 0 Å². The molecular weight excluding hydrogens is 144 g/mol. The lowest BCUT2D eigenvalue weighted by atomic mass is 10.3. The molecule has 0 rings (SSSR count). The molecular formula is C7H20N2O2. The molecule has 0 aliphatic rings. The Bertz CT molecular complexity index is 69.5. The third-order valence-corrected chi connectivity index (χ3v) is 1.47. The first-order valence-corrected chi connectivity index (χ1v) is 3.79. The topological polar surface area (TPSA) is 69.7 Å². The van der Waals surface area contributed by atoms with Crippen LogP contribution in [0.4, 0.5) is 0 Å². The van der Waals surface area contributed by atoms with Gasteiger partial charge < -0.3 is 15.2 Å². The van der Waals surface area contributed by atoms with Crippen LogP contribution in [-0.2, 0) is 0 Å². The van der Waals surface area contributed by atoms with E-state index in [1.165, 1.54) is 0 Å². The number of aliphatic hydroxyl groups excluding tert-OH is 1. The molecule has 11 heavy (non-hydrogen) atoms. The van der Waals surface area contributed by atoms with Gasteiger partial charge in [0.1, 0.15) is 0 Å². The van der Waals surface area contributed by atoms with Crippen LogP contribution in [0, 0.1) is 0 Å². The Morgan fingerprint density at radius 3 is 2.18 bits per heavy atom. The van der Waals surface area contributed by atoms with Crippen molar-refractivity contribution >= 4 is 0 Å². The zero-order valence-corrected chi connectivity index (χ0v) is 7.62. The molecule has 0 bridgehead atoms. The highest BCUT2D eigenvalue weighted by Gasteiger charge is 1.97. The molecule has 4 nitrogen and oxygen atoms in total. The fourth-order valence-corrected chi connectivity index (χ4v) is 0.565. The van der Waals surface area contributed by atoms with Crippen LogP contribution in [0.5, 0.6) is 0 Å². The van der Waals surface area contributed by atoms with Crippen molar-refractivity contribution in [2.24, 2.45) is 5.90 Å². The van der Waals surface area contributed by atoms with E-state index < -0.39 is 0 Å². The van der Waals surface area contributed by atoms with E-state index in [2.05, 4.69) is 24.8 Å². The number of nitrogens with zero attached hydrogens (tertiary/aromatic N) is 1. The normalized spacial score (nSPS) is 12.3. The van der Waals surface area contributed by atoms with Gasteiger partial charge in [-0.3, -0.25) is 0 Å². The summed E-state index contributed by atoms with van der Waals surface area (Å²) in [5, 5.41) is 15.4. The molecule has 1 unspecified atom stereocenters. The first-order chi connectivity index (χ1) is 5.16. The van der Waals surface area contributed by atoms with Gasteiger partial charge in [-0.15, -0.1) is 0 Å². The Morgan fingerprint density at radius 2 is 1.91 bits per heavy atom. The number of aliphatic hydroxyl groups is 1. The highest BCUT2D eigenvalue weighted by molar-refractivity contribution is 4.51. The van der Waals surface area contributed by atoms with Crippen LogP contribution in [0.3, 0.4) is 0 Å². The highest BCUT2D eigenvalue weighted by atomic mass is 16.4. The molecule has 4 heteroatoms. The number of hydrogen-bond acceptors (Lipinski definition) is 4. The molecule has 0 radical (unpaired) electrons. The fourth-order valence-electron chi connectivity index (χ4n) is 0.565. The van der Waals surface area contributed by atoms with E-state index in [1.54, 1.807) is 0 Å². The second-order valence-electron chi connectivity index (χ2n) is 2.53. The minimum absolute atomic E-state index is 0.154. The predicted octanol–water partition coefficient (Wildman–Crippen LogP) is 0.0433. The average molecular weight is 164 g/mol. The third kappa shape index (κ3) is 12.9. The molecule has 0 saturated carbocycles. The Morgan fingerprint density at radius 1 is 1.45 bits per heavy atom. The second-order valence-corrected chi connectivity index (χ2v) is 2.53. The zero-order valence-electron chi connectivity index (χ0n) is 7.62. The Kier molecular flexibility index (Phi) is 12.0. The Labute approximate surface area is 68.6 Å². The van der Waals surface area contributed by atoms with Crippen molar-refractivity contribution in [2.45, 2.75) is 26.4 Å². The largest absolute Gasteiger partial charge is 0.393 e. The van der Waals surface area contributed by atoms with Gasteiger partial charge in [-0.1, -0.05) is 6.92 Å². The van der Waals surface area contributed by atoms with E-state index >= 15 is 0 Å². The van der Waals surface area contributed by atoms with Crippen LogP contribution >= 0.6 is 0 Å². The minimum Gasteiger partial charge on any atom is -0.393 e. The smallest absolute Gasteiger partial charge is 0.0524 e. The van der Waals surface area contributed by atoms with Crippen LogP contribution in [0.25, 0.3) is 0 Å². The summed E-state index contributed by atoms with van der Waals surface area (Å²) in [6.07, 6.45) is 0.726. The maximum atomic E-state index is 8.87. The van der Waals surface area contributed by atoms with E-state index in [-0.39, 0.29) is 6.10 Å². The van der Waals surface area contributed by atoms with E-state index in [1.807, 2.05) is 6.92 Å². The van der Waals surface area contributed by atoms with Gasteiger partial charge in [0, 0.05) is 6.54 Å². The van der Waals surface area contributed by atoms with Gasteiger partial charge in [-0.2, -0.15) is 0 Å². The summed E-state index contributed by atoms with van der Waals surface area (Å²) in [6.45, 7) is 5.99. The molecule has 0 aliphatic carbocycles. The van der Waals surface area contributed by atoms with Gasteiger partial charge in [-0.05, 0) is 26.9 Å².